The van der Waals surface area contributed by atoms with E-state index in [1.54, 1.807) is 24.3 Å². The third-order valence-corrected chi connectivity index (χ3v) is 3.79. The maximum absolute atomic E-state index is 10.9. The van der Waals surface area contributed by atoms with E-state index < -0.39 is 5.97 Å². The molecule has 0 bridgehead atoms. The molecule has 2 aromatic carbocycles. The summed E-state index contributed by atoms with van der Waals surface area (Å²) in [5, 5.41) is 13.4. The Bertz CT molecular complexity index is 899. The summed E-state index contributed by atoms with van der Waals surface area (Å²) in [4.78, 5) is 15.6. The van der Waals surface area contributed by atoms with Crippen LogP contribution in [0.3, 0.4) is 0 Å². The van der Waals surface area contributed by atoms with Crippen molar-refractivity contribution in [3.05, 3.63) is 64.8 Å². The van der Waals surface area contributed by atoms with Crippen LogP contribution in [0.5, 0.6) is 0 Å². The van der Waals surface area contributed by atoms with Crippen LogP contribution in [-0.4, -0.2) is 16.1 Å². The van der Waals surface area contributed by atoms with E-state index in [2.05, 4.69) is 36.3 Å². The minimum absolute atomic E-state index is 0.276. The number of fused-ring (bicyclic) bond motifs is 1. The van der Waals surface area contributed by atoms with Crippen LogP contribution >= 0.6 is 0 Å². The summed E-state index contributed by atoms with van der Waals surface area (Å²) in [6.07, 6.45) is 0. The molecule has 3 rings (SSSR count). The van der Waals surface area contributed by atoms with Gasteiger partial charge in [-0.3, -0.25) is 4.98 Å². The Labute approximate surface area is 134 Å². The number of pyridine rings is 1. The number of carboxylic acids is 1. The third kappa shape index (κ3) is 3.01. The molecule has 0 amide bonds. The van der Waals surface area contributed by atoms with Gasteiger partial charge in [-0.2, -0.15) is 0 Å². The lowest BCUT2D eigenvalue weighted by Gasteiger charge is -2.13. The summed E-state index contributed by atoms with van der Waals surface area (Å²) in [6, 6.07) is 13.0. The first-order valence-electron chi connectivity index (χ1n) is 7.43. The van der Waals surface area contributed by atoms with Crippen LogP contribution in [0.1, 0.15) is 27.2 Å². The molecule has 0 aliphatic rings. The Morgan fingerprint density at radius 1 is 1.04 bits per heavy atom. The third-order valence-electron chi connectivity index (χ3n) is 3.79. The van der Waals surface area contributed by atoms with Crippen LogP contribution in [-0.2, 0) is 0 Å². The van der Waals surface area contributed by atoms with E-state index >= 15 is 0 Å². The highest BCUT2D eigenvalue weighted by Crippen LogP contribution is 2.29. The number of hydrogen-bond acceptors (Lipinski definition) is 3. The van der Waals surface area contributed by atoms with Gasteiger partial charge in [-0.15, -0.1) is 0 Å². The number of carboxylic acid groups (broad SMARTS) is 1. The van der Waals surface area contributed by atoms with E-state index in [1.807, 2.05) is 13.0 Å². The Kier molecular flexibility index (Phi) is 3.74. The van der Waals surface area contributed by atoms with Crippen LogP contribution in [0.2, 0.25) is 0 Å². The Hall–Kier alpha value is -2.88. The molecule has 1 aromatic heterocycles. The first-order valence-corrected chi connectivity index (χ1v) is 7.43. The van der Waals surface area contributed by atoms with Crippen LogP contribution < -0.4 is 5.32 Å². The fourth-order valence-corrected chi connectivity index (χ4v) is 2.76. The zero-order valence-corrected chi connectivity index (χ0v) is 13.3. The van der Waals surface area contributed by atoms with Crippen LogP contribution in [0.25, 0.3) is 10.9 Å². The molecule has 23 heavy (non-hydrogen) atoms. The molecule has 116 valence electrons. The number of hydrogen-bond donors (Lipinski definition) is 2. The van der Waals surface area contributed by atoms with E-state index in [1.165, 1.54) is 5.56 Å². The first-order chi connectivity index (χ1) is 10.9. The molecule has 0 aliphatic carbocycles. The molecular formula is C19H18N2O2. The number of rotatable bonds is 3. The van der Waals surface area contributed by atoms with Gasteiger partial charge in [0.2, 0.25) is 0 Å². The average Bonchev–Trinajstić information content (AvgIpc) is 2.49. The van der Waals surface area contributed by atoms with Gasteiger partial charge in [0.1, 0.15) is 0 Å². The van der Waals surface area contributed by atoms with Crippen molar-refractivity contribution in [2.45, 2.75) is 20.8 Å². The summed E-state index contributed by atoms with van der Waals surface area (Å²) in [7, 11) is 0. The number of aromatic carboxylic acids is 1. The molecule has 0 aliphatic heterocycles. The molecule has 1 heterocycles. The summed E-state index contributed by atoms with van der Waals surface area (Å²) >= 11 is 0. The van der Waals surface area contributed by atoms with Gasteiger partial charge < -0.3 is 10.4 Å². The van der Waals surface area contributed by atoms with Crippen molar-refractivity contribution in [2.24, 2.45) is 0 Å². The maximum atomic E-state index is 10.9. The fraction of sp³-hybridized carbons (Fsp3) is 0.158. The minimum atomic E-state index is -0.923. The van der Waals surface area contributed by atoms with Gasteiger partial charge in [-0.25, -0.2) is 4.79 Å². The molecule has 0 atom stereocenters. The maximum Gasteiger partial charge on any atom is 0.335 e. The summed E-state index contributed by atoms with van der Waals surface area (Å²) in [5.74, 6) is -0.923. The van der Waals surface area contributed by atoms with Crippen molar-refractivity contribution >= 4 is 28.2 Å². The number of nitrogens with one attached hydrogen (secondary N) is 1. The monoisotopic (exact) mass is 306 g/mol. The molecule has 0 saturated heterocycles. The second-order valence-corrected chi connectivity index (χ2v) is 5.80. The molecule has 0 spiro atoms. The van der Waals surface area contributed by atoms with Gasteiger partial charge in [-0.05, 0) is 62.7 Å². The van der Waals surface area contributed by atoms with Crippen molar-refractivity contribution in [3.8, 4) is 0 Å². The van der Waals surface area contributed by atoms with Crippen molar-refractivity contribution in [3.63, 3.8) is 0 Å². The van der Waals surface area contributed by atoms with Gasteiger partial charge in [0, 0.05) is 22.5 Å². The van der Waals surface area contributed by atoms with Crippen molar-refractivity contribution in [1.29, 1.82) is 0 Å². The summed E-state index contributed by atoms with van der Waals surface area (Å²) < 4.78 is 0. The number of nitrogens with zero attached hydrogens (tertiary/aromatic N) is 1. The molecule has 3 aromatic rings. The molecule has 4 nitrogen and oxygen atoms in total. The molecule has 2 N–H and O–H groups in total. The molecular weight excluding hydrogens is 288 g/mol. The Balaban J connectivity index is 2.07. The molecule has 0 unspecified atom stereocenters. The Morgan fingerprint density at radius 2 is 1.74 bits per heavy atom. The number of benzene rings is 2. The molecule has 0 saturated carbocycles. The zero-order valence-electron chi connectivity index (χ0n) is 13.3. The van der Waals surface area contributed by atoms with Gasteiger partial charge in [-0.1, -0.05) is 11.6 Å². The zero-order chi connectivity index (χ0) is 16.6. The van der Waals surface area contributed by atoms with Crippen LogP contribution in [0, 0.1) is 20.8 Å². The average molecular weight is 306 g/mol. The van der Waals surface area contributed by atoms with Gasteiger partial charge in [0.15, 0.2) is 0 Å². The molecule has 4 heteroatoms. The SMILES string of the molecule is Cc1cc(C)c2nc(C)cc(Nc3ccc(C(=O)O)cc3)c2c1. The summed E-state index contributed by atoms with van der Waals surface area (Å²) in [5.41, 5.74) is 6.36. The number of carbonyl (C=O) groups is 1. The van der Waals surface area contributed by atoms with Gasteiger partial charge >= 0.3 is 5.97 Å². The second-order valence-electron chi connectivity index (χ2n) is 5.80. The van der Waals surface area contributed by atoms with Crippen LogP contribution in [0.15, 0.2) is 42.5 Å². The highest BCUT2D eigenvalue weighted by molar-refractivity contribution is 5.95. The predicted molar refractivity (Wildman–Crippen MR) is 92.6 cm³/mol. The second kappa shape index (κ2) is 5.72. The van der Waals surface area contributed by atoms with Crippen molar-refractivity contribution < 1.29 is 9.90 Å². The van der Waals surface area contributed by atoms with E-state index in [9.17, 15) is 4.79 Å². The number of anilines is 2. The quantitative estimate of drug-likeness (QED) is 0.742. The lowest BCUT2D eigenvalue weighted by molar-refractivity contribution is 0.0697. The smallest absolute Gasteiger partial charge is 0.335 e. The van der Waals surface area contributed by atoms with Gasteiger partial charge in [0.25, 0.3) is 0 Å². The normalized spacial score (nSPS) is 10.7. The first kappa shape index (κ1) is 15.0. The largest absolute Gasteiger partial charge is 0.478 e. The lowest BCUT2D eigenvalue weighted by atomic mass is 10.0. The molecule has 0 fully saturated rings. The van der Waals surface area contributed by atoms with Crippen molar-refractivity contribution in [1.82, 2.24) is 4.98 Å². The number of aromatic nitrogens is 1. The highest BCUT2D eigenvalue weighted by atomic mass is 16.4. The topological polar surface area (TPSA) is 62.2 Å². The van der Waals surface area contributed by atoms with Crippen LogP contribution in [0.4, 0.5) is 11.4 Å². The van der Waals surface area contributed by atoms with E-state index in [4.69, 9.17) is 5.11 Å². The minimum Gasteiger partial charge on any atom is -0.478 e. The summed E-state index contributed by atoms with van der Waals surface area (Å²) in [6.45, 7) is 6.10. The Morgan fingerprint density at radius 3 is 2.39 bits per heavy atom. The lowest BCUT2D eigenvalue weighted by Crippen LogP contribution is -1.98. The highest BCUT2D eigenvalue weighted by Gasteiger charge is 2.08. The fourth-order valence-electron chi connectivity index (χ4n) is 2.76. The number of aryl methyl sites for hydroxylation is 3. The predicted octanol–water partition coefficient (Wildman–Crippen LogP) is 4.60. The van der Waals surface area contributed by atoms with E-state index in [0.717, 1.165) is 33.5 Å². The standard InChI is InChI=1S/C19H18N2O2/c1-11-8-12(2)18-16(9-11)17(10-13(3)20-18)21-15-6-4-14(5-7-15)19(22)23/h4-10H,1-3H3,(H,20,21)(H,22,23). The van der Waals surface area contributed by atoms with Gasteiger partial charge in [0.05, 0.1) is 11.1 Å². The van der Waals surface area contributed by atoms with E-state index in [-0.39, 0.29) is 5.56 Å². The van der Waals surface area contributed by atoms with Crippen molar-refractivity contribution in [2.75, 3.05) is 5.32 Å². The molecule has 0 radical (unpaired) electrons. The van der Waals surface area contributed by atoms with E-state index in [0.29, 0.717) is 0 Å².